The van der Waals surface area contributed by atoms with Crippen LogP contribution in [0.15, 0.2) is 60.7 Å². The van der Waals surface area contributed by atoms with E-state index in [4.69, 9.17) is 21.1 Å². The molecule has 1 amide bonds. The van der Waals surface area contributed by atoms with Crippen molar-refractivity contribution in [2.24, 2.45) is 0 Å². The van der Waals surface area contributed by atoms with Gasteiger partial charge in [-0.3, -0.25) is 9.59 Å². The summed E-state index contributed by atoms with van der Waals surface area (Å²) in [6.07, 6.45) is -3.59. The smallest absolute Gasteiger partial charge is 0.416 e. The Balaban J connectivity index is 1.39. The maximum absolute atomic E-state index is 13.6. The van der Waals surface area contributed by atoms with Crippen LogP contribution in [0.1, 0.15) is 40.2 Å². The zero-order valence-electron chi connectivity index (χ0n) is 20.5. The summed E-state index contributed by atoms with van der Waals surface area (Å²) in [6.45, 7) is 1.37. The molecule has 204 valence electrons. The van der Waals surface area contributed by atoms with Crippen molar-refractivity contribution in [2.75, 3.05) is 24.6 Å². The molecule has 0 bridgehead atoms. The Labute approximate surface area is 227 Å². The van der Waals surface area contributed by atoms with Crippen LogP contribution in [0.5, 0.6) is 17.2 Å². The first-order valence-electron chi connectivity index (χ1n) is 12.3. The van der Waals surface area contributed by atoms with Crippen LogP contribution in [0, 0.1) is 0 Å². The summed E-state index contributed by atoms with van der Waals surface area (Å²) >= 11 is 6.37. The van der Waals surface area contributed by atoms with Crippen molar-refractivity contribution in [3.63, 3.8) is 0 Å². The quantitative estimate of drug-likeness (QED) is 0.378. The van der Waals surface area contributed by atoms with Crippen LogP contribution in [-0.2, 0) is 11.0 Å². The highest BCUT2D eigenvalue weighted by molar-refractivity contribution is 6.32. The summed E-state index contributed by atoms with van der Waals surface area (Å²) in [5, 5.41) is 12.8. The van der Waals surface area contributed by atoms with E-state index in [1.807, 2.05) is 0 Å². The van der Waals surface area contributed by atoms with Crippen LogP contribution in [0.4, 0.5) is 18.9 Å². The number of carbonyl (C=O) groups is 2. The van der Waals surface area contributed by atoms with Gasteiger partial charge < -0.3 is 24.8 Å². The van der Waals surface area contributed by atoms with Crippen molar-refractivity contribution in [1.82, 2.24) is 5.32 Å². The number of fused-ring (bicyclic) bond motifs is 1. The number of amides is 1. The molecule has 11 heteroatoms. The molecule has 0 spiro atoms. The number of hydrogen-bond donors (Lipinski definition) is 2. The average molecular weight is 561 g/mol. The molecule has 2 aliphatic heterocycles. The Hall–Kier alpha value is -3.76. The number of nitrogens with one attached hydrogen (secondary N) is 1. The summed E-state index contributed by atoms with van der Waals surface area (Å²) in [5.41, 5.74) is 0.0939. The third-order valence-corrected chi connectivity index (χ3v) is 7.10. The standard InChI is InChI=1S/C28H24ClF3N2O5/c29-23-13-22-21(27(36)37)9-11-38-24(22)14-25(23)39-20-6-4-16(5-7-20)26(35)34(19-8-10-33-15-19)18-3-1-2-17(12-18)28(30,31)32/h1-7,12-14,19,21,33H,8-11,15H2,(H,36,37). The summed E-state index contributed by atoms with van der Waals surface area (Å²) in [4.78, 5) is 26.5. The van der Waals surface area contributed by atoms with Gasteiger partial charge in [-0.15, -0.1) is 0 Å². The number of hydrogen-bond acceptors (Lipinski definition) is 5. The summed E-state index contributed by atoms with van der Waals surface area (Å²) in [7, 11) is 0. The molecule has 3 aromatic rings. The van der Waals surface area contributed by atoms with E-state index in [0.29, 0.717) is 43.0 Å². The lowest BCUT2D eigenvalue weighted by atomic mass is 9.93. The Kier molecular flexibility index (Phi) is 7.42. The maximum Gasteiger partial charge on any atom is 0.416 e. The van der Waals surface area contributed by atoms with Gasteiger partial charge in [0.1, 0.15) is 17.2 Å². The zero-order chi connectivity index (χ0) is 27.7. The lowest BCUT2D eigenvalue weighted by Crippen LogP contribution is -2.42. The lowest BCUT2D eigenvalue weighted by molar-refractivity contribution is -0.139. The van der Waals surface area contributed by atoms with Gasteiger partial charge in [0.25, 0.3) is 5.91 Å². The minimum absolute atomic E-state index is 0.171. The van der Waals surface area contributed by atoms with Crippen molar-refractivity contribution in [3.05, 3.63) is 82.4 Å². The zero-order valence-corrected chi connectivity index (χ0v) is 21.3. The van der Waals surface area contributed by atoms with Gasteiger partial charge in [-0.25, -0.2) is 0 Å². The first-order valence-corrected chi connectivity index (χ1v) is 12.7. The van der Waals surface area contributed by atoms with Crippen molar-refractivity contribution in [3.8, 4) is 17.2 Å². The van der Waals surface area contributed by atoms with Crippen LogP contribution in [0.2, 0.25) is 5.02 Å². The molecule has 2 atom stereocenters. The van der Waals surface area contributed by atoms with E-state index >= 15 is 0 Å². The molecular formula is C28H24ClF3N2O5. The lowest BCUT2D eigenvalue weighted by Gasteiger charge is -2.29. The second-order valence-electron chi connectivity index (χ2n) is 9.34. The second kappa shape index (κ2) is 10.8. The highest BCUT2D eigenvalue weighted by Gasteiger charge is 2.34. The van der Waals surface area contributed by atoms with Gasteiger partial charge in [0.05, 0.1) is 29.2 Å². The van der Waals surface area contributed by atoms with E-state index < -0.39 is 29.5 Å². The van der Waals surface area contributed by atoms with Crippen LogP contribution >= 0.6 is 11.6 Å². The topological polar surface area (TPSA) is 88.1 Å². The predicted molar refractivity (Wildman–Crippen MR) is 138 cm³/mol. The average Bonchev–Trinajstić information content (AvgIpc) is 3.43. The molecule has 2 heterocycles. The molecule has 2 aliphatic rings. The van der Waals surface area contributed by atoms with Crippen molar-refractivity contribution >= 4 is 29.2 Å². The number of halogens is 4. The summed E-state index contributed by atoms with van der Waals surface area (Å²) in [6, 6.07) is 13.7. The van der Waals surface area contributed by atoms with Crippen molar-refractivity contribution in [1.29, 1.82) is 0 Å². The van der Waals surface area contributed by atoms with E-state index in [1.165, 1.54) is 41.3 Å². The molecule has 3 aromatic carbocycles. The molecular weight excluding hydrogens is 537 g/mol. The van der Waals surface area contributed by atoms with Crippen LogP contribution in [-0.4, -0.2) is 42.7 Å². The first-order chi connectivity index (χ1) is 18.6. The Morgan fingerprint density at radius 1 is 1.08 bits per heavy atom. The summed E-state index contributed by atoms with van der Waals surface area (Å²) < 4.78 is 51.6. The van der Waals surface area contributed by atoms with Gasteiger partial charge in [-0.2, -0.15) is 13.2 Å². The van der Waals surface area contributed by atoms with E-state index in [0.717, 1.165) is 12.1 Å². The van der Waals surface area contributed by atoms with Crippen molar-refractivity contribution < 1.29 is 37.3 Å². The van der Waals surface area contributed by atoms with E-state index in [-0.39, 0.29) is 34.7 Å². The van der Waals surface area contributed by atoms with Crippen molar-refractivity contribution in [2.45, 2.75) is 31.0 Å². The van der Waals surface area contributed by atoms with Gasteiger partial charge in [0.15, 0.2) is 0 Å². The van der Waals surface area contributed by atoms with Crippen LogP contribution < -0.4 is 19.7 Å². The molecule has 0 aliphatic carbocycles. The molecule has 39 heavy (non-hydrogen) atoms. The monoisotopic (exact) mass is 560 g/mol. The molecule has 1 fully saturated rings. The number of ether oxygens (including phenoxy) is 2. The fourth-order valence-corrected chi connectivity index (χ4v) is 5.05. The van der Waals surface area contributed by atoms with Crippen LogP contribution in [0.3, 0.4) is 0 Å². The minimum Gasteiger partial charge on any atom is -0.493 e. The van der Waals surface area contributed by atoms with Gasteiger partial charge >= 0.3 is 12.1 Å². The number of anilines is 1. The number of alkyl halides is 3. The number of rotatable bonds is 6. The third-order valence-electron chi connectivity index (χ3n) is 6.80. The molecule has 1 saturated heterocycles. The highest BCUT2D eigenvalue weighted by atomic mass is 35.5. The predicted octanol–water partition coefficient (Wildman–Crippen LogP) is 6.11. The largest absolute Gasteiger partial charge is 0.493 e. The Bertz CT molecular complexity index is 1390. The number of benzene rings is 3. The molecule has 5 rings (SSSR count). The number of carboxylic acid groups (broad SMARTS) is 1. The van der Waals surface area contributed by atoms with Gasteiger partial charge in [-0.1, -0.05) is 17.7 Å². The maximum atomic E-state index is 13.6. The number of aliphatic carboxylic acids is 1. The molecule has 0 saturated carbocycles. The minimum atomic E-state index is -4.53. The Morgan fingerprint density at radius 2 is 1.85 bits per heavy atom. The first kappa shape index (κ1) is 26.8. The molecule has 7 nitrogen and oxygen atoms in total. The number of nitrogens with zero attached hydrogens (tertiary/aromatic N) is 1. The fourth-order valence-electron chi connectivity index (χ4n) is 4.84. The third kappa shape index (κ3) is 5.67. The SMILES string of the molecule is O=C(O)C1CCOc2cc(Oc3ccc(C(=O)N(c4cccc(C(F)(F)F)c4)C4CCNC4)cc3)c(Cl)cc21. The number of carboxylic acids is 1. The fraction of sp³-hybridized carbons (Fsp3) is 0.286. The molecule has 0 aromatic heterocycles. The van der Waals surface area contributed by atoms with Gasteiger partial charge in [0.2, 0.25) is 0 Å². The Morgan fingerprint density at radius 3 is 2.51 bits per heavy atom. The van der Waals surface area contributed by atoms with Crippen LogP contribution in [0.25, 0.3) is 0 Å². The van der Waals surface area contributed by atoms with E-state index in [2.05, 4.69) is 5.32 Å². The molecule has 2 N–H and O–H groups in total. The summed E-state index contributed by atoms with van der Waals surface area (Å²) in [5.74, 6) is -1.14. The molecule has 2 unspecified atom stereocenters. The normalized spacial score (nSPS) is 18.7. The number of carbonyl (C=O) groups excluding carboxylic acids is 1. The highest BCUT2D eigenvalue weighted by Crippen LogP contribution is 2.42. The second-order valence-corrected chi connectivity index (χ2v) is 9.75. The van der Waals surface area contributed by atoms with E-state index in [9.17, 15) is 27.9 Å². The van der Waals surface area contributed by atoms with Gasteiger partial charge in [0, 0.05) is 29.4 Å². The van der Waals surface area contributed by atoms with E-state index in [1.54, 1.807) is 12.1 Å². The van der Waals surface area contributed by atoms with Gasteiger partial charge in [-0.05, 0) is 67.9 Å². The molecule has 0 radical (unpaired) electrons.